The van der Waals surface area contributed by atoms with Crippen LogP contribution in [0.15, 0.2) is 53.6 Å². The Balaban J connectivity index is 1.33. The molecule has 2 aromatic rings. The maximum atomic E-state index is 11.5. The number of hydrogen-bond donors (Lipinski definition) is 2. The van der Waals surface area contributed by atoms with Crippen molar-refractivity contribution in [3.05, 3.63) is 65.2 Å². The van der Waals surface area contributed by atoms with Gasteiger partial charge in [0, 0.05) is 19.6 Å². The summed E-state index contributed by atoms with van der Waals surface area (Å²) in [4.78, 5) is 13.9. The minimum Gasteiger partial charge on any atom is -0.489 e. The molecule has 0 bridgehead atoms. The van der Waals surface area contributed by atoms with Gasteiger partial charge in [-0.3, -0.25) is 10.3 Å². The molecule has 176 valence electrons. The fraction of sp³-hybridized carbons (Fsp3) is 0.375. The van der Waals surface area contributed by atoms with E-state index >= 15 is 0 Å². The molecule has 1 fully saturated rings. The Morgan fingerprint density at radius 2 is 1.88 bits per heavy atom. The van der Waals surface area contributed by atoms with E-state index in [1.165, 1.54) is 7.11 Å². The Bertz CT molecular complexity index is 913. The monoisotopic (exact) mass is 470 g/mol. The third-order valence-electron chi connectivity index (χ3n) is 5.08. The van der Waals surface area contributed by atoms with Crippen LogP contribution >= 0.6 is 12.2 Å². The summed E-state index contributed by atoms with van der Waals surface area (Å²) in [5.74, 6) is 0.393. The maximum Gasteiger partial charge on any atom is 0.337 e. The van der Waals surface area contributed by atoms with Gasteiger partial charge in [-0.15, -0.1) is 0 Å². The molecule has 1 aliphatic heterocycles. The summed E-state index contributed by atoms with van der Waals surface area (Å²) in [6.45, 7) is 5.89. The fourth-order valence-electron chi connectivity index (χ4n) is 3.21. The SMILES string of the molecule is COC(=O)c1ccc(COc2ccc(/C=N/NC(=S)NCCCN3CCOCC3)cc2)cc1. The van der Waals surface area contributed by atoms with Crippen LogP contribution in [0.3, 0.4) is 0 Å². The van der Waals surface area contributed by atoms with Crippen LogP contribution in [-0.2, 0) is 16.1 Å². The molecule has 0 atom stereocenters. The summed E-state index contributed by atoms with van der Waals surface area (Å²) in [7, 11) is 1.36. The summed E-state index contributed by atoms with van der Waals surface area (Å²) in [5.41, 5.74) is 5.24. The van der Waals surface area contributed by atoms with Gasteiger partial charge >= 0.3 is 5.97 Å². The van der Waals surface area contributed by atoms with Crippen molar-refractivity contribution in [3.8, 4) is 5.75 Å². The summed E-state index contributed by atoms with van der Waals surface area (Å²) in [6, 6.07) is 14.7. The van der Waals surface area contributed by atoms with Gasteiger partial charge < -0.3 is 19.5 Å². The standard InChI is InChI=1S/C24H30N4O4S/c1-30-23(29)21-7-3-20(4-8-21)18-32-22-9-5-19(6-10-22)17-26-27-24(33)25-11-2-12-28-13-15-31-16-14-28/h3-10,17H,2,11-16,18H2,1H3,(H2,25,27,33)/b26-17+. The molecule has 33 heavy (non-hydrogen) atoms. The Morgan fingerprint density at radius 3 is 2.58 bits per heavy atom. The van der Waals surface area contributed by atoms with E-state index in [0.717, 1.165) is 62.7 Å². The highest BCUT2D eigenvalue weighted by Crippen LogP contribution is 2.14. The number of hydrogen-bond acceptors (Lipinski definition) is 7. The van der Waals surface area contributed by atoms with Crippen LogP contribution in [0, 0.1) is 0 Å². The number of carbonyl (C=O) groups excluding carboxylic acids is 1. The Labute approximate surface area is 199 Å². The van der Waals surface area contributed by atoms with E-state index < -0.39 is 0 Å². The van der Waals surface area contributed by atoms with Crippen molar-refractivity contribution in [2.45, 2.75) is 13.0 Å². The topological polar surface area (TPSA) is 84.4 Å². The average Bonchev–Trinajstić information content (AvgIpc) is 2.86. The quantitative estimate of drug-likeness (QED) is 0.180. The number of carbonyl (C=O) groups is 1. The molecule has 1 aliphatic rings. The molecule has 2 aromatic carbocycles. The zero-order valence-electron chi connectivity index (χ0n) is 18.8. The third-order valence-corrected chi connectivity index (χ3v) is 5.32. The zero-order chi connectivity index (χ0) is 23.3. The van der Waals surface area contributed by atoms with Crippen molar-refractivity contribution in [3.63, 3.8) is 0 Å². The van der Waals surface area contributed by atoms with Gasteiger partial charge in [0.2, 0.25) is 0 Å². The summed E-state index contributed by atoms with van der Waals surface area (Å²) < 4.78 is 15.8. The molecule has 1 heterocycles. The number of ether oxygens (including phenoxy) is 3. The lowest BCUT2D eigenvalue weighted by Crippen LogP contribution is -2.39. The second-order valence-corrected chi connectivity index (χ2v) is 7.89. The van der Waals surface area contributed by atoms with Crippen molar-refractivity contribution in [2.24, 2.45) is 5.10 Å². The fourth-order valence-corrected chi connectivity index (χ4v) is 3.36. The van der Waals surface area contributed by atoms with Gasteiger partial charge in [-0.2, -0.15) is 5.10 Å². The molecule has 0 spiro atoms. The molecule has 0 aromatic heterocycles. The highest BCUT2D eigenvalue weighted by atomic mass is 32.1. The van der Waals surface area contributed by atoms with Gasteiger partial charge in [-0.1, -0.05) is 12.1 Å². The number of hydrazone groups is 1. The first-order valence-corrected chi connectivity index (χ1v) is 11.3. The van der Waals surface area contributed by atoms with Crippen molar-refractivity contribution in [1.29, 1.82) is 0 Å². The average molecular weight is 471 g/mol. The number of methoxy groups -OCH3 is 1. The predicted octanol–water partition coefficient (Wildman–Crippen LogP) is 2.57. The number of nitrogens with one attached hydrogen (secondary N) is 2. The first-order chi connectivity index (χ1) is 16.1. The van der Waals surface area contributed by atoms with E-state index in [0.29, 0.717) is 17.3 Å². The Kier molecular flexibility index (Phi) is 10.1. The maximum absolute atomic E-state index is 11.5. The van der Waals surface area contributed by atoms with Crippen LogP contribution in [-0.4, -0.2) is 68.7 Å². The largest absolute Gasteiger partial charge is 0.489 e. The second-order valence-electron chi connectivity index (χ2n) is 7.48. The van der Waals surface area contributed by atoms with Crippen molar-refractivity contribution >= 4 is 29.5 Å². The van der Waals surface area contributed by atoms with Crippen molar-refractivity contribution in [2.75, 3.05) is 46.5 Å². The third kappa shape index (κ3) is 8.80. The van der Waals surface area contributed by atoms with E-state index in [9.17, 15) is 4.79 Å². The lowest BCUT2D eigenvalue weighted by Gasteiger charge is -2.26. The Hall–Kier alpha value is -3.01. The van der Waals surface area contributed by atoms with Crippen LogP contribution in [0.1, 0.15) is 27.9 Å². The molecule has 0 amide bonds. The van der Waals surface area contributed by atoms with Crippen LogP contribution in [0.4, 0.5) is 0 Å². The van der Waals surface area contributed by atoms with Gasteiger partial charge in [0.05, 0.1) is 32.1 Å². The minimum atomic E-state index is -0.352. The van der Waals surface area contributed by atoms with E-state index in [1.54, 1.807) is 18.3 Å². The summed E-state index contributed by atoms with van der Waals surface area (Å²) in [5, 5.41) is 7.85. The first-order valence-electron chi connectivity index (χ1n) is 10.9. The van der Waals surface area contributed by atoms with Crippen LogP contribution < -0.4 is 15.5 Å². The van der Waals surface area contributed by atoms with E-state index in [2.05, 4.69) is 20.7 Å². The number of rotatable bonds is 10. The van der Waals surface area contributed by atoms with Crippen LogP contribution in [0.5, 0.6) is 5.75 Å². The number of esters is 1. The molecule has 8 nitrogen and oxygen atoms in total. The van der Waals surface area contributed by atoms with Gasteiger partial charge in [0.1, 0.15) is 12.4 Å². The molecule has 0 saturated carbocycles. The van der Waals surface area contributed by atoms with Crippen molar-refractivity contribution in [1.82, 2.24) is 15.6 Å². The predicted molar refractivity (Wildman–Crippen MR) is 132 cm³/mol. The first kappa shape index (κ1) is 24.6. The lowest BCUT2D eigenvalue weighted by molar-refractivity contribution is 0.0376. The number of nitrogens with zero attached hydrogens (tertiary/aromatic N) is 2. The molecule has 0 unspecified atom stereocenters. The molecule has 2 N–H and O–H groups in total. The molecule has 0 aliphatic carbocycles. The summed E-state index contributed by atoms with van der Waals surface area (Å²) >= 11 is 5.25. The minimum absolute atomic E-state index is 0.352. The molecule has 9 heteroatoms. The molecule has 0 radical (unpaired) electrons. The van der Waals surface area contributed by atoms with Gasteiger partial charge in [-0.05, 0) is 72.7 Å². The van der Waals surface area contributed by atoms with Crippen LogP contribution in [0.2, 0.25) is 0 Å². The molecule has 3 rings (SSSR count). The summed E-state index contributed by atoms with van der Waals surface area (Å²) in [6.07, 6.45) is 2.72. The second kappa shape index (κ2) is 13.5. The van der Waals surface area contributed by atoms with Gasteiger partial charge in [0.25, 0.3) is 0 Å². The van der Waals surface area contributed by atoms with Crippen molar-refractivity contribution < 1.29 is 19.0 Å². The normalized spacial score (nSPS) is 14.1. The smallest absolute Gasteiger partial charge is 0.337 e. The van der Waals surface area contributed by atoms with E-state index in [4.69, 9.17) is 26.4 Å². The van der Waals surface area contributed by atoms with Crippen LogP contribution in [0.25, 0.3) is 0 Å². The number of benzene rings is 2. The number of thiocarbonyl (C=S) groups is 1. The van der Waals surface area contributed by atoms with E-state index in [-0.39, 0.29) is 5.97 Å². The highest BCUT2D eigenvalue weighted by molar-refractivity contribution is 7.80. The molecular weight excluding hydrogens is 440 g/mol. The van der Waals surface area contributed by atoms with E-state index in [1.807, 2.05) is 36.4 Å². The highest BCUT2D eigenvalue weighted by Gasteiger charge is 2.09. The molecule has 1 saturated heterocycles. The number of morpholine rings is 1. The Morgan fingerprint density at radius 1 is 1.15 bits per heavy atom. The molecular formula is C24H30N4O4S. The zero-order valence-corrected chi connectivity index (χ0v) is 19.6. The lowest BCUT2D eigenvalue weighted by atomic mass is 10.1. The van der Waals surface area contributed by atoms with Gasteiger partial charge in [-0.25, -0.2) is 4.79 Å². The van der Waals surface area contributed by atoms with Gasteiger partial charge in [0.15, 0.2) is 5.11 Å².